The highest BCUT2D eigenvalue weighted by Crippen LogP contribution is 2.50. The Hall–Kier alpha value is -5.70. The minimum atomic E-state index is -0.0907. The molecular weight excluding hydrogens is 623 g/mol. The van der Waals surface area contributed by atoms with Crippen LogP contribution in [-0.2, 0) is 5.41 Å². The lowest BCUT2D eigenvalue weighted by Crippen LogP contribution is -2.17. The van der Waals surface area contributed by atoms with Gasteiger partial charge in [0.2, 0.25) is 0 Å². The van der Waals surface area contributed by atoms with E-state index >= 15 is 0 Å². The fraction of sp³-hybridized carbons (Fsp3) is 0.0833. The van der Waals surface area contributed by atoms with E-state index in [1.54, 1.807) is 0 Å². The lowest BCUT2D eigenvalue weighted by atomic mass is 9.82. The first-order valence-corrected chi connectivity index (χ1v) is 18.1. The van der Waals surface area contributed by atoms with Crippen LogP contribution < -0.4 is 4.90 Å². The first-order valence-electron chi connectivity index (χ1n) is 17.3. The summed E-state index contributed by atoms with van der Waals surface area (Å²) in [7, 11) is 0. The second-order valence-electron chi connectivity index (χ2n) is 13.8. The number of anilines is 3. The summed E-state index contributed by atoms with van der Waals surface area (Å²) in [5, 5.41) is 5.10. The third-order valence-electron chi connectivity index (χ3n) is 10.8. The molecule has 9 rings (SSSR count). The lowest BCUT2D eigenvalue weighted by molar-refractivity contribution is 0.639. The third kappa shape index (κ3) is 4.67. The molecule has 0 saturated carbocycles. The quantitative estimate of drug-likeness (QED) is 0.172. The monoisotopic (exact) mass is 659 g/mol. The number of nitrogens with zero attached hydrogens (tertiary/aromatic N) is 1. The van der Waals surface area contributed by atoms with Gasteiger partial charge in [-0.2, -0.15) is 0 Å². The maximum Gasteiger partial charge on any atom is 0.0540 e. The summed E-state index contributed by atoms with van der Waals surface area (Å²) in [6.45, 7) is 11.1. The Morgan fingerprint density at radius 1 is 0.560 bits per heavy atom. The summed E-state index contributed by atoms with van der Waals surface area (Å²) in [5.74, 6) is 0. The van der Waals surface area contributed by atoms with Crippen molar-refractivity contribution in [2.45, 2.75) is 26.2 Å². The molecule has 50 heavy (non-hydrogen) atoms. The summed E-state index contributed by atoms with van der Waals surface area (Å²) in [4.78, 5) is 2.44. The van der Waals surface area contributed by atoms with Crippen LogP contribution in [-0.4, -0.2) is 0 Å². The average Bonchev–Trinajstić information content (AvgIpc) is 3.63. The molecule has 7 aromatic carbocycles. The maximum absolute atomic E-state index is 4.17. The minimum absolute atomic E-state index is 0.0907. The molecule has 0 fully saturated rings. The highest BCUT2D eigenvalue weighted by Gasteiger charge is 2.35. The number of fused-ring (bicyclic) bond motifs is 5. The van der Waals surface area contributed by atoms with Gasteiger partial charge in [0, 0.05) is 42.3 Å². The molecule has 0 atom stereocenters. The van der Waals surface area contributed by atoms with E-state index in [-0.39, 0.29) is 5.41 Å². The van der Waals surface area contributed by atoms with Crippen LogP contribution in [0.3, 0.4) is 0 Å². The molecule has 1 aliphatic rings. The predicted octanol–water partition coefficient (Wildman–Crippen LogP) is 14.3. The number of benzene rings is 7. The Kier molecular flexibility index (Phi) is 7.12. The molecule has 1 nitrogen and oxygen atoms in total. The molecule has 0 unspecified atom stereocenters. The van der Waals surface area contributed by atoms with Gasteiger partial charge in [0.05, 0.1) is 5.69 Å². The molecule has 2 heteroatoms. The number of hydrogen-bond acceptors (Lipinski definition) is 2. The van der Waals surface area contributed by atoms with Crippen molar-refractivity contribution < 1.29 is 0 Å². The molecule has 1 aromatic heterocycles. The summed E-state index contributed by atoms with van der Waals surface area (Å²) < 4.78 is 2.66. The van der Waals surface area contributed by atoms with Gasteiger partial charge in [-0.25, -0.2) is 0 Å². The summed E-state index contributed by atoms with van der Waals surface area (Å²) in [6.07, 6.45) is 2.02. The van der Waals surface area contributed by atoms with Crippen LogP contribution in [0.15, 0.2) is 170 Å². The van der Waals surface area contributed by atoms with Gasteiger partial charge in [0.1, 0.15) is 0 Å². The van der Waals surface area contributed by atoms with Gasteiger partial charge in [-0.1, -0.05) is 147 Å². The zero-order valence-electron chi connectivity index (χ0n) is 28.6. The first-order chi connectivity index (χ1) is 24.4. The van der Waals surface area contributed by atoms with Crippen molar-refractivity contribution in [3.63, 3.8) is 0 Å². The van der Waals surface area contributed by atoms with E-state index in [1.165, 1.54) is 75.5 Å². The molecular formula is C48H37NS. The second-order valence-corrected chi connectivity index (χ2v) is 14.9. The Morgan fingerprint density at radius 3 is 1.98 bits per heavy atom. The SMILES string of the molecule is C=CC1=C(C)C(C)(C)c2cc(N(c3ccc(-c4cccc5c4sc4ccccc45)cc3)c3ccc(-c4ccccc4)c4ccccc34)ccc21. The van der Waals surface area contributed by atoms with Gasteiger partial charge in [-0.15, -0.1) is 11.3 Å². The predicted molar refractivity (Wildman–Crippen MR) is 218 cm³/mol. The summed E-state index contributed by atoms with van der Waals surface area (Å²) in [5.41, 5.74) is 13.5. The van der Waals surface area contributed by atoms with Crippen LogP contribution in [0.25, 0.3) is 58.8 Å². The Labute approximate surface area is 298 Å². The zero-order chi connectivity index (χ0) is 34.0. The van der Waals surface area contributed by atoms with E-state index < -0.39 is 0 Å². The molecule has 0 bridgehead atoms. The molecule has 0 radical (unpaired) electrons. The Balaban J connectivity index is 1.23. The Bertz CT molecular complexity index is 2640. The molecule has 0 amide bonds. The number of thiophene rings is 1. The summed E-state index contributed by atoms with van der Waals surface area (Å²) in [6, 6.07) is 55.7. The highest BCUT2D eigenvalue weighted by atomic mass is 32.1. The van der Waals surface area contributed by atoms with Crippen molar-refractivity contribution >= 4 is 64.9 Å². The molecule has 0 N–H and O–H groups in total. The first kappa shape index (κ1) is 30.4. The van der Waals surface area contributed by atoms with Crippen molar-refractivity contribution in [2.24, 2.45) is 0 Å². The van der Waals surface area contributed by atoms with Crippen LogP contribution in [0.5, 0.6) is 0 Å². The zero-order valence-corrected chi connectivity index (χ0v) is 29.4. The average molecular weight is 660 g/mol. The fourth-order valence-electron chi connectivity index (χ4n) is 7.97. The second kappa shape index (κ2) is 11.7. The van der Waals surface area contributed by atoms with Crippen molar-refractivity contribution in [1.29, 1.82) is 0 Å². The van der Waals surface area contributed by atoms with E-state index in [2.05, 4.69) is 184 Å². The normalized spacial score (nSPS) is 13.7. The van der Waals surface area contributed by atoms with E-state index in [0.29, 0.717) is 0 Å². The number of hydrogen-bond donors (Lipinski definition) is 0. The van der Waals surface area contributed by atoms with Gasteiger partial charge in [0.15, 0.2) is 0 Å². The van der Waals surface area contributed by atoms with E-state index in [1.807, 2.05) is 17.4 Å². The van der Waals surface area contributed by atoms with Crippen molar-refractivity contribution in [2.75, 3.05) is 4.90 Å². The van der Waals surface area contributed by atoms with Crippen LogP contribution in [0.4, 0.5) is 17.1 Å². The molecule has 1 heterocycles. The van der Waals surface area contributed by atoms with Crippen molar-refractivity contribution in [3.8, 4) is 22.3 Å². The molecule has 0 aliphatic heterocycles. The van der Waals surface area contributed by atoms with Crippen molar-refractivity contribution in [1.82, 2.24) is 0 Å². The van der Waals surface area contributed by atoms with Crippen LogP contribution >= 0.6 is 11.3 Å². The third-order valence-corrected chi connectivity index (χ3v) is 12.1. The Morgan fingerprint density at radius 2 is 1.20 bits per heavy atom. The van der Waals surface area contributed by atoms with Crippen LogP contribution in [0, 0.1) is 0 Å². The number of allylic oxidation sites excluding steroid dienone is 3. The van der Waals surface area contributed by atoms with Gasteiger partial charge >= 0.3 is 0 Å². The topological polar surface area (TPSA) is 3.24 Å². The molecule has 0 spiro atoms. The highest BCUT2D eigenvalue weighted by molar-refractivity contribution is 7.26. The van der Waals surface area contributed by atoms with Crippen LogP contribution in [0.1, 0.15) is 31.9 Å². The van der Waals surface area contributed by atoms with Crippen LogP contribution in [0.2, 0.25) is 0 Å². The molecule has 8 aromatic rings. The number of rotatable bonds is 6. The maximum atomic E-state index is 4.17. The minimum Gasteiger partial charge on any atom is -0.310 e. The van der Waals surface area contributed by atoms with E-state index in [9.17, 15) is 0 Å². The summed E-state index contributed by atoms with van der Waals surface area (Å²) >= 11 is 1.88. The van der Waals surface area contributed by atoms with Gasteiger partial charge in [0.25, 0.3) is 0 Å². The fourth-order valence-corrected chi connectivity index (χ4v) is 9.20. The molecule has 240 valence electrons. The van der Waals surface area contributed by atoms with Gasteiger partial charge in [-0.05, 0) is 87.7 Å². The largest absolute Gasteiger partial charge is 0.310 e. The molecule has 1 aliphatic carbocycles. The van der Waals surface area contributed by atoms with E-state index in [0.717, 1.165) is 17.1 Å². The molecule has 0 saturated heterocycles. The standard InChI is InChI=1S/C48H37NS/c1-5-36-31(2)48(3,4)44-30-35(26-27-40(36)44)49(45-29-28-37(32-14-7-6-8-15-32)39-16-9-10-17-41(39)45)34-24-22-33(23-25-34)38-19-13-20-43-42-18-11-12-21-46(42)50-47(38)43/h5-30H,1H2,2-4H3. The smallest absolute Gasteiger partial charge is 0.0540 e. The van der Waals surface area contributed by atoms with E-state index in [4.69, 9.17) is 0 Å². The van der Waals surface area contributed by atoms with Gasteiger partial charge < -0.3 is 4.90 Å². The van der Waals surface area contributed by atoms with Gasteiger partial charge in [-0.3, -0.25) is 0 Å². The lowest BCUT2D eigenvalue weighted by Gasteiger charge is -2.30. The van der Waals surface area contributed by atoms with Crippen molar-refractivity contribution in [3.05, 3.63) is 181 Å².